The first kappa shape index (κ1) is 22.3. The van der Waals surface area contributed by atoms with Gasteiger partial charge in [-0.15, -0.1) is 0 Å². The lowest BCUT2D eigenvalue weighted by Gasteiger charge is -2.26. The van der Waals surface area contributed by atoms with Crippen LogP contribution in [0.3, 0.4) is 0 Å². The Bertz CT molecular complexity index is 1070. The maximum atomic E-state index is 13.5. The maximum absolute atomic E-state index is 13.5. The molecule has 0 bridgehead atoms. The molecule has 1 heterocycles. The quantitative estimate of drug-likeness (QED) is 0.662. The van der Waals surface area contributed by atoms with Gasteiger partial charge in [0, 0.05) is 24.9 Å². The summed E-state index contributed by atoms with van der Waals surface area (Å²) in [5.74, 6) is -0.882. The molecule has 1 fully saturated rings. The SMILES string of the molecule is COc1ccc(/C=C/C(=O)Nc2ccc(Cl)c(F)c2)cc1S(=O)(=O)N1CCCCC1. The van der Waals surface area contributed by atoms with Crippen molar-refractivity contribution in [2.45, 2.75) is 24.2 Å². The van der Waals surface area contributed by atoms with E-state index >= 15 is 0 Å². The number of carbonyl (C=O) groups is 1. The fourth-order valence-corrected chi connectivity index (χ4v) is 5.00. The van der Waals surface area contributed by atoms with Crippen LogP contribution in [0.1, 0.15) is 24.8 Å². The Hall–Kier alpha value is -2.42. The van der Waals surface area contributed by atoms with Crippen LogP contribution in [0, 0.1) is 5.82 Å². The number of carbonyl (C=O) groups excluding carboxylic acids is 1. The lowest BCUT2D eigenvalue weighted by atomic mass is 10.2. The highest BCUT2D eigenvalue weighted by Gasteiger charge is 2.29. The van der Waals surface area contributed by atoms with Gasteiger partial charge in [-0.25, -0.2) is 12.8 Å². The molecule has 0 saturated carbocycles. The molecule has 1 aliphatic heterocycles. The van der Waals surface area contributed by atoms with Crippen LogP contribution in [0.15, 0.2) is 47.4 Å². The van der Waals surface area contributed by atoms with Crippen molar-refractivity contribution in [1.29, 1.82) is 0 Å². The zero-order valence-electron chi connectivity index (χ0n) is 16.4. The van der Waals surface area contributed by atoms with Crippen LogP contribution < -0.4 is 10.1 Å². The van der Waals surface area contributed by atoms with Gasteiger partial charge in [0.15, 0.2) is 0 Å². The summed E-state index contributed by atoms with van der Waals surface area (Å²) in [6, 6.07) is 8.63. The summed E-state index contributed by atoms with van der Waals surface area (Å²) >= 11 is 5.63. The highest BCUT2D eigenvalue weighted by molar-refractivity contribution is 7.89. The van der Waals surface area contributed by atoms with E-state index < -0.39 is 21.7 Å². The van der Waals surface area contributed by atoms with Crippen molar-refractivity contribution in [3.63, 3.8) is 0 Å². The first-order valence-electron chi connectivity index (χ1n) is 9.43. The Morgan fingerprint density at radius 2 is 1.90 bits per heavy atom. The van der Waals surface area contributed by atoms with Crippen LogP contribution >= 0.6 is 11.6 Å². The Labute approximate surface area is 180 Å². The van der Waals surface area contributed by atoms with Gasteiger partial charge in [-0.2, -0.15) is 4.31 Å². The summed E-state index contributed by atoms with van der Waals surface area (Å²) in [5.41, 5.74) is 0.776. The van der Waals surface area contributed by atoms with Gasteiger partial charge in [-0.3, -0.25) is 4.79 Å². The Morgan fingerprint density at radius 3 is 2.57 bits per heavy atom. The molecule has 0 aliphatic carbocycles. The van der Waals surface area contributed by atoms with Crippen molar-refractivity contribution >= 4 is 39.3 Å². The molecular weight excluding hydrogens is 431 g/mol. The second-order valence-corrected chi connectivity index (χ2v) is 9.14. The van der Waals surface area contributed by atoms with E-state index in [9.17, 15) is 17.6 Å². The van der Waals surface area contributed by atoms with Crippen LogP contribution in [0.5, 0.6) is 5.75 Å². The van der Waals surface area contributed by atoms with Crippen molar-refractivity contribution in [1.82, 2.24) is 4.31 Å². The third-order valence-electron chi connectivity index (χ3n) is 4.73. The van der Waals surface area contributed by atoms with E-state index in [2.05, 4.69) is 5.32 Å². The Morgan fingerprint density at radius 1 is 1.17 bits per heavy atom. The number of nitrogens with zero attached hydrogens (tertiary/aromatic N) is 1. The topological polar surface area (TPSA) is 75.7 Å². The molecule has 0 radical (unpaired) electrons. The van der Waals surface area contributed by atoms with Crippen molar-refractivity contribution in [3.05, 3.63) is 58.9 Å². The fourth-order valence-electron chi connectivity index (χ4n) is 3.17. The zero-order chi connectivity index (χ0) is 21.7. The van der Waals surface area contributed by atoms with Crippen molar-refractivity contribution < 1.29 is 22.3 Å². The number of rotatable bonds is 6. The minimum absolute atomic E-state index is 0.0378. The lowest BCUT2D eigenvalue weighted by molar-refractivity contribution is -0.111. The van der Waals surface area contributed by atoms with Crippen molar-refractivity contribution in [3.8, 4) is 5.75 Å². The molecule has 1 N–H and O–H groups in total. The van der Waals surface area contributed by atoms with Gasteiger partial charge in [0.05, 0.1) is 12.1 Å². The van der Waals surface area contributed by atoms with Gasteiger partial charge in [-0.1, -0.05) is 24.1 Å². The number of hydrogen-bond acceptors (Lipinski definition) is 4. The maximum Gasteiger partial charge on any atom is 0.248 e. The van der Waals surface area contributed by atoms with E-state index in [1.807, 2.05) is 0 Å². The molecule has 0 atom stereocenters. The molecule has 2 aromatic carbocycles. The number of methoxy groups -OCH3 is 1. The average molecular weight is 453 g/mol. The van der Waals surface area contributed by atoms with Gasteiger partial charge in [0.25, 0.3) is 0 Å². The first-order chi connectivity index (χ1) is 14.3. The van der Waals surface area contributed by atoms with E-state index in [1.54, 1.807) is 12.1 Å². The van der Waals surface area contributed by atoms with Crippen LogP contribution in [-0.4, -0.2) is 38.8 Å². The molecule has 2 aromatic rings. The van der Waals surface area contributed by atoms with Crippen molar-refractivity contribution in [2.75, 3.05) is 25.5 Å². The zero-order valence-corrected chi connectivity index (χ0v) is 18.0. The highest BCUT2D eigenvalue weighted by atomic mass is 35.5. The standard InChI is InChI=1S/C21H22ClFN2O4S/c1-29-19-9-5-15(13-20(19)30(27,28)25-11-3-2-4-12-25)6-10-21(26)24-16-7-8-17(22)18(23)14-16/h5-10,13-14H,2-4,11-12H2,1H3,(H,24,26)/b10-6+. The molecule has 30 heavy (non-hydrogen) atoms. The molecule has 3 rings (SSSR count). The van der Waals surface area contributed by atoms with E-state index in [0.29, 0.717) is 18.7 Å². The number of amides is 1. The number of ether oxygens (including phenoxy) is 1. The number of hydrogen-bond donors (Lipinski definition) is 1. The molecule has 1 saturated heterocycles. The summed E-state index contributed by atoms with van der Waals surface area (Å²) in [7, 11) is -2.29. The van der Waals surface area contributed by atoms with E-state index in [4.69, 9.17) is 16.3 Å². The molecule has 0 spiro atoms. The lowest BCUT2D eigenvalue weighted by Crippen LogP contribution is -2.35. The predicted molar refractivity (Wildman–Crippen MR) is 115 cm³/mol. The smallest absolute Gasteiger partial charge is 0.248 e. The third-order valence-corrected chi connectivity index (χ3v) is 6.96. The number of sulfonamides is 1. The second-order valence-electron chi connectivity index (χ2n) is 6.83. The fraction of sp³-hybridized carbons (Fsp3) is 0.286. The van der Waals surface area contributed by atoms with Gasteiger partial charge < -0.3 is 10.1 Å². The second kappa shape index (κ2) is 9.59. The molecule has 0 aromatic heterocycles. The normalized spacial score (nSPS) is 15.3. The first-order valence-corrected chi connectivity index (χ1v) is 11.3. The largest absolute Gasteiger partial charge is 0.495 e. The average Bonchev–Trinajstić information content (AvgIpc) is 2.75. The van der Waals surface area contributed by atoms with Crippen LogP contribution in [-0.2, 0) is 14.8 Å². The predicted octanol–water partition coefficient (Wildman–Crippen LogP) is 4.31. The van der Waals surface area contributed by atoms with Crippen LogP contribution in [0.2, 0.25) is 5.02 Å². The summed E-state index contributed by atoms with van der Waals surface area (Å²) in [6.45, 7) is 0.956. The minimum Gasteiger partial charge on any atom is -0.495 e. The number of benzene rings is 2. The number of nitrogens with one attached hydrogen (secondary N) is 1. The third kappa shape index (κ3) is 5.19. The summed E-state index contributed by atoms with van der Waals surface area (Å²) in [6.07, 6.45) is 5.39. The monoisotopic (exact) mass is 452 g/mol. The summed E-state index contributed by atoms with van der Waals surface area (Å²) < 4.78 is 46.3. The summed E-state index contributed by atoms with van der Waals surface area (Å²) in [5, 5.41) is 2.49. The minimum atomic E-state index is -3.70. The van der Waals surface area contributed by atoms with Crippen molar-refractivity contribution in [2.24, 2.45) is 0 Å². The summed E-state index contributed by atoms with van der Waals surface area (Å²) in [4.78, 5) is 12.2. The molecule has 0 unspecified atom stereocenters. The Balaban J connectivity index is 1.80. The molecule has 160 valence electrons. The molecule has 1 amide bonds. The number of anilines is 1. The van der Waals surface area contributed by atoms with Crippen LogP contribution in [0.25, 0.3) is 6.08 Å². The highest BCUT2D eigenvalue weighted by Crippen LogP contribution is 2.30. The number of halogens is 2. The van der Waals surface area contributed by atoms with Gasteiger partial charge in [0.1, 0.15) is 16.5 Å². The molecule has 1 aliphatic rings. The van der Waals surface area contributed by atoms with Gasteiger partial charge in [-0.05, 0) is 54.8 Å². The van der Waals surface area contributed by atoms with E-state index in [1.165, 1.54) is 41.8 Å². The number of piperidine rings is 1. The van der Waals surface area contributed by atoms with Gasteiger partial charge >= 0.3 is 0 Å². The van der Waals surface area contributed by atoms with Gasteiger partial charge in [0.2, 0.25) is 15.9 Å². The molecule has 6 nitrogen and oxygen atoms in total. The molecule has 9 heteroatoms. The van der Waals surface area contributed by atoms with Crippen LogP contribution in [0.4, 0.5) is 10.1 Å². The van der Waals surface area contributed by atoms with E-state index in [0.717, 1.165) is 25.3 Å². The molecular formula is C21H22ClFN2O4S. The Kier molecular flexibility index (Phi) is 7.12. The van der Waals surface area contributed by atoms with E-state index in [-0.39, 0.29) is 21.4 Å².